The van der Waals surface area contributed by atoms with Crippen molar-refractivity contribution < 1.29 is 14.6 Å². The lowest BCUT2D eigenvalue weighted by Crippen LogP contribution is -2.38. The zero-order valence-corrected chi connectivity index (χ0v) is 9.61. The van der Waals surface area contributed by atoms with Gasteiger partial charge in [0.2, 0.25) is 0 Å². The molecule has 1 saturated heterocycles. The fourth-order valence-electron chi connectivity index (χ4n) is 2.05. The monoisotopic (exact) mass is 222 g/mol. The normalized spacial score (nSPS) is 19.4. The second-order valence-electron chi connectivity index (χ2n) is 4.36. The summed E-state index contributed by atoms with van der Waals surface area (Å²) in [5.41, 5.74) is 0.553. The van der Waals surface area contributed by atoms with Crippen molar-refractivity contribution in [2.75, 3.05) is 20.3 Å². The molecule has 0 spiro atoms. The van der Waals surface area contributed by atoms with Crippen LogP contribution >= 0.6 is 0 Å². The van der Waals surface area contributed by atoms with Crippen LogP contribution in [0, 0.1) is 0 Å². The van der Waals surface area contributed by atoms with Crippen molar-refractivity contribution in [2.24, 2.45) is 0 Å². The fraction of sp³-hybridized carbons (Fsp3) is 0.538. The van der Waals surface area contributed by atoms with Gasteiger partial charge in [-0.15, -0.1) is 0 Å². The van der Waals surface area contributed by atoms with Crippen molar-refractivity contribution in [1.29, 1.82) is 0 Å². The van der Waals surface area contributed by atoms with Crippen LogP contribution in [-0.2, 0) is 11.2 Å². The first-order chi connectivity index (χ1) is 7.72. The Morgan fingerprint density at radius 2 is 1.88 bits per heavy atom. The van der Waals surface area contributed by atoms with Gasteiger partial charge in [0.1, 0.15) is 5.75 Å². The molecule has 1 aliphatic heterocycles. The summed E-state index contributed by atoms with van der Waals surface area (Å²) in [6.45, 7) is 1.32. The molecule has 1 heterocycles. The first kappa shape index (κ1) is 11.4. The fourth-order valence-corrected chi connectivity index (χ4v) is 2.05. The second kappa shape index (κ2) is 4.85. The topological polar surface area (TPSA) is 38.7 Å². The lowest BCUT2D eigenvalue weighted by molar-refractivity contribution is -0.0625. The maximum atomic E-state index is 10.3. The summed E-state index contributed by atoms with van der Waals surface area (Å²) >= 11 is 0. The number of rotatable bonds is 3. The van der Waals surface area contributed by atoms with E-state index in [1.54, 1.807) is 7.11 Å². The Morgan fingerprint density at radius 3 is 2.44 bits per heavy atom. The van der Waals surface area contributed by atoms with Gasteiger partial charge in [-0.2, -0.15) is 0 Å². The molecule has 0 saturated carbocycles. The summed E-state index contributed by atoms with van der Waals surface area (Å²) in [7, 11) is 1.65. The largest absolute Gasteiger partial charge is 0.497 e. The Bertz CT molecular complexity index is 326. The van der Waals surface area contributed by atoms with Crippen LogP contribution in [0.25, 0.3) is 0 Å². The Morgan fingerprint density at radius 1 is 1.25 bits per heavy atom. The van der Waals surface area contributed by atoms with E-state index in [4.69, 9.17) is 9.47 Å². The van der Waals surface area contributed by atoms with E-state index in [1.165, 1.54) is 0 Å². The number of benzene rings is 1. The highest BCUT2D eigenvalue weighted by Gasteiger charge is 2.29. The Labute approximate surface area is 96.0 Å². The zero-order chi connectivity index (χ0) is 11.4. The highest BCUT2D eigenvalue weighted by Crippen LogP contribution is 2.25. The number of methoxy groups -OCH3 is 1. The molecule has 0 amide bonds. The van der Waals surface area contributed by atoms with E-state index in [0.29, 0.717) is 19.6 Å². The standard InChI is InChI=1S/C13H18O3/c1-15-12-4-2-11(3-5-12)10-13(14)6-8-16-9-7-13/h2-5,14H,6-10H2,1H3. The maximum absolute atomic E-state index is 10.3. The van der Waals surface area contributed by atoms with Gasteiger partial charge in [-0.3, -0.25) is 0 Å². The smallest absolute Gasteiger partial charge is 0.118 e. The first-order valence-corrected chi connectivity index (χ1v) is 5.65. The molecule has 0 unspecified atom stereocenters. The van der Waals surface area contributed by atoms with Gasteiger partial charge in [-0.25, -0.2) is 0 Å². The molecule has 16 heavy (non-hydrogen) atoms. The van der Waals surface area contributed by atoms with E-state index in [1.807, 2.05) is 24.3 Å². The van der Waals surface area contributed by atoms with Crippen molar-refractivity contribution in [3.63, 3.8) is 0 Å². The summed E-state index contributed by atoms with van der Waals surface area (Å²) in [6, 6.07) is 7.87. The zero-order valence-electron chi connectivity index (χ0n) is 9.61. The molecule has 3 nitrogen and oxygen atoms in total. The lowest BCUT2D eigenvalue weighted by atomic mass is 9.87. The molecular formula is C13H18O3. The Hall–Kier alpha value is -1.06. The Kier molecular flexibility index (Phi) is 3.46. The van der Waals surface area contributed by atoms with E-state index in [0.717, 1.165) is 24.2 Å². The van der Waals surface area contributed by atoms with Gasteiger partial charge >= 0.3 is 0 Å². The molecule has 1 fully saturated rings. The summed E-state index contributed by atoms with van der Waals surface area (Å²) in [6.07, 6.45) is 2.14. The third-order valence-electron chi connectivity index (χ3n) is 3.12. The van der Waals surface area contributed by atoms with Crippen molar-refractivity contribution in [2.45, 2.75) is 24.9 Å². The van der Waals surface area contributed by atoms with Gasteiger partial charge in [-0.05, 0) is 30.5 Å². The van der Waals surface area contributed by atoms with Crippen molar-refractivity contribution in [3.8, 4) is 5.75 Å². The summed E-state index contributed by atoms with van der Waals surface area (Å²) < 4.78 is 10.4. The minimum Gasteiger partial charge on any atom is -0.497 e. The molecule has 0 radical (unpaired) electrons. The van der Waals surface area contributed by atoms with Crippen LogP contribution < -0.4 is 4.74 Å². The quantitative estimate of drug-likeness (QED) is 0.847. The average Bonchev–Trinajstić information content (AvgIpc) is 2.30. The SMILES string of the molecule is COc1ccc(CC2(O)CCOCC2)cc1. The summed E-state index contributed by atoms with van der Waals surface area (Å²) in [5, 5.41) is 10.3. The van der Waals surface area contributed by atoms with E-state index >= 15 is 0 Å². The van der Waals surface area contributed by atoms with Crippen LogP contribution in [0.2, 0.25) is 0 Å². The molecule has 1 aromatic carbocycles. The van der Waals surface area contributed by atoms with Crippen LogP contribution in [0.4, 0.5) is 0 Å². The number of hydrogen-bond acceptors (Lipinski definition) is 3. The van der Waals surface area contributed by atoms with E-state index < -0.39 is 5.60 Å². The van der Waals surface area contributed by atoms with Gasteiger partial charge in [-0.1, -0.05) is 12.1 Å². The Balaban J connectivity index is 2.01. The second-order valence-corrected chi connectivity index (χ2v) is 4.36. The van der Waals surface area contributed by atoms with Gasteiger partial charge in [0, 0.05) is 19.6 Å². The third kappa shape index (κ3) is 2.74. The predicted octanol–water partition coefficient (Wildman–Crippen LogP) is 1.78. The first-order valence-electron chi connectivity index (χ1n) is 5.65. The van der Waals surface area contributed by atoms with E-state index in [2.05, 4.69) is 0 Å². The number of ether oxygens (including phenoxy) is 2. The molecule has 0 aromatic heterocycles. The molecule has 1 aliphatic rings. The summed E-state index contributed by atoms with van der Waals surface area (Å²) in [5.74, 6) is 0.850. The van der Waals surface area contributed by atoms with Crippen molar-refractivity contribution in [1.82, 2.24) is 0 Å². The molecule has 0 aliphatic carbocycles. The van der Waals surface area contributed by atoms with Crippen molar-refractivity contribution >= 4 is 0 Å². The molecule has 88 valence electrons. The number of aliphatic hydroxyl groups is 1. The van der Waals surface area contributed by atoms with Gasteiger partial charge in [0.05, 0.1) is 12.7 Å². The maximum Gasteiger partial charge on any atom is 0.118 e. The van der Waals surface area contributed by atoms with Crippen LogP contribution in [0.15, 0.2) is 24.3 Å². The van der Waals surface area contributed by atoms with Crippen LogP contribution in [0.1, 0.15) is 18.4 Å². The minimum absolute atomic E-state index is 0.590. The molecule has 0 atom stereocenters. The molecule has 3 heteroatoms. The molecule has 0 bridgehead atoms. The third-order valence-corrected chi connectivity index (χ3v) is 3.12. The van der Waals surface area contributed by atoms with E-state index in [9.17, 15) is 5.11 Å². The highest BCUT2D eigenvalue weighted by atomic mass is 16.5. The summed E-state index contributed by atoms with van der Waals surface area (Å²) in [4.78, 5) is 0. The van der Waals surface area contributed by atoms with Gasteiger partial charge < -0.3 is 14.6 Å². The molecule has 1 N–H and O–H groups in total. The van der Waals surface area contributed by atoms with Crippen LogP contribution in [0.3, 0.4) is 0 Å². The molecule has 1 aromatic rings. The molecule has 2 rings (SSSR count). The minimum atomic E-state index is -0.590. The highest BCUT2D eigenvalue weighted by molar-refractivity contribution is 5.28. The average molecular weight is 222 g/mol. The lowest BCUT2D eigenvalue weighted by Gasteiger charge is -2.32. The van der Waals surface area contributed by atoms with E-state index in [-0.39, 0.29) is 0 Å². The van der Waals surface area contributed by atoms with Gasteiger partial charge in [0.15, 0.2) is 0 Å². The van der Waals surface area contributed by atoms with Crippen molar-refractivity contribution in [3.05, 3.63) is 29.8 Å². The number of hydrogen-bond donors (Lipinski definition) is 1. The molecular weight excluding hydrogens is 204 g/mol. The van der Waals surface area contributed by atoms with Crippen LogP contribution in [-0.4, -0.2) is 31.0 Å². The predicted molar refractivity (Wildman–Crippen MR) is 61.7 cm³/mol. The van der Waals surface area contributed by atoms with Crippen LogP contribution in [0.5, 0.6) is 5.75 Å². The van der Waals surface area contributed by atoms with Gasteiger partial charge in [0.25, 0.3) is 0 Å².